The maximum atomic E-state index is 5.96. The molecule has 15 heavy (non-hydrogen) atoms. The van der Waals surface area contributed by atoms with Crippen LogP contribution in [-0.4, -0.2) is 17.0 Å². The molecule has 1 N–H and O–H groups in total. The zero-order chi connectivity index (χ0) is 10.7. The molecule has 0 radical (unpaired) electrons. The molecule has 0 aromatic carbocycles. The fraction of sp³-hybridized carbons (Fsp3) is 0.636. The van der Waals surface area contributed by atoms with Gasteiger partial charge in [-0.3, -0.25) is 0 Å². The van der Waals surface area contributed by atoms with Gasteiger partial charge in [0.1, 0.15) is 5.15 Å². The van der Waals surface area contributed by atoms with Crippen molar-refractivity contribution in [2.24, 2.45) is 0 Å². The highest BCUT2D eigenvalue weighted by atomic mass is 35.5. The molecule has 0 saturated heterocycles. The molecule has 1 aliphatic carbocycles. The van der Waals surface area contributed by atoms with Gasteiger partial charge in [0.15, 0.2) is 0 Å². The average molecular weight is 226 g/mol. The molecule has 0 aliphatic heterocycles. The summed E-state index contributed by atoms with van der Waals surface area (Å²) in [6, 6.07) is 1.90. The number of hydrogen-bond donors (Lipinski definition) is 1. The Morgan fingerprint density at radius 1 is 1.27 bits per heavy atom. The summed E-state index contributed by atoms with van der Waals surface area (Å²) in [7, 11) is 1.82. The third kappa shape index (κ3) is 2.59. The fourth-order valence-electron chi connectivity index (χ4n) is 2.15. The molecule has 1 aliphatic rings. The van der Waals surface area contributed by atoms with Crippen LogP contribution < -0.4 is 5.32 Å². The first-order chi connectivity index (χ1) is 7.29. The highest BCUT2D eigenvalue weighted by Crippen LogP contribution is 2.32. The SMILES string of the molecule is CNc1nc(Cl)cc(C2CCCCC2)n1. The van der Waals surface area contributed by atoms with Crippen LogP contribution in [0, 0.1) is 0 Å². The first-order valence-corrected chi connectivity index (χ1v) is 5.89. The van der Waals surface area contributed by atoms with Gasteiger partial charge in [-0.05, 0) is 18.9 Å². The van der Waals surface area contributed by atoms with Crippen LogP contribution in [0.5, 0.6) is 0 Å². The van der Waals surface area contributed by atoms with Crippen LogP contribution in [0.25, 0.3) is 0 Å². The Balaban J connectivity index is 2.22. The van der Waals surface area contributed by atoms with Crippen molar-refractivity contribution in [2.45, 2.75) is 38.0 Å². The predicted molar refractivity (Wildman–Crippen MR) is 62.4 cm³/mol. The molecule has 2 rings (SSSR count). The summed E-state index contributed by atoms with van der Waals surface area (Å²) in [5, 5.41) is 3.48. The fourth-order valence-corrected chi connectivity index (χ4v) is 2.35. The molecule has 0 bridgehead atoms. The van der Waals surface area contributed by atoms with Crippen molar-refractivity contribution in [3.05, 3.63) is 16.9 Å². The summed E-state index contributed by atoms with van der Waals surface area (Å²) in [6.07, 6.45) is 6.43. The quantitative estimate of drug-likeness (QED) is 0.786. The van der Waals surface area contributed by atoms with E-state index in [1.165, 1.54) is 32.1 Å². The Morgan fingerprint density at radius 2 is 2.00 bits per heavy atom. The molecule has 1 aromatic heterocycles. The van der Waals surface area contributed by atoms with Crippen LogP contribution in [0.1, 0.15) is 43.7 Å². The van der Waals surface area contributed by atoms with Gasteiger partial charge >= 0.3 is 0 Å². The molecule has 0 spiro atoms. The van der Waals surface area contributed by atoms with E-state index in [2.05, 4.69) is 15.3 Å². The van der Waals surface area contributed by atoms with Gasteiger partial charge in [0.2, 0.25) is 5.95 Å². The van der Waals surface area contributed by atoms with Crippen LogP contribution in [0.15, 0.2) is 6.07 Å². The lowest BCUT2D eigenvalue weighted by molar-refractivity contribution is 0.436. The number of nitrogens with one attached hydrogen (secondary N) is 1. The molecular formula is C11H16ClN3. The Bertz CT molecular complexity index is 335. The Hall–Kier alpha value is -0.830. The van der Waals surface area contributed by atoms with Gasteiger partial charge < -0.3 is 5.32 Å². The summed E-state index contributed by atoms with van der Waals surface area (Å²) >= 11 is 5.96. The van der Waals surface area contributed by atoms with Crippen molar-refractivity contribution in [3.63, 3.8) is 0 Å². The molecule has 4 heteroatoms. The minimum absolute atomic E-state index is 0.537. The summed E-state index contributed by atoms with van der Waals surface area (Å²) in [5.41, 5.74) is 1.10. The number of halogens is 1. The zero-order valence-electron chi connectivity index (χ0n) is 8.96. The lowest BCUT2D eigenvalue weighted by atomic mass is 9.87. The maximum absolute atomic E-state index is 5.96. The average Bonchev–Trinajstić information content (AvgIpc) is 2.29. The third-order valence-corrected chi connectivity index (χ3v) is 3.16. The largest absolute Gasteiger partial charge is 0.357 e. The van der Waals surface area contributed by atoms with Crippen molar-refractivity contribution >= 4 is 17.5 Å². The number of hydrogen-bond acceptors (Lipinski definition) is 3. The van der Waals surface area contributed by atoms with E-state index in [9.17, 15) is 0 Å². The zero-order valence-corrected chi connectivity index (χ0v) is 9.72. The predicted octanol–water partition coefficient (Wildman–Crippen LogP) is 3.22. The Morgan fingerprint density at radius 3 is 2.67 bits per heavy atom. The van der Waals surface area contributed by atoms with E-state index in [1.54, 1.807) is 0 Å². The minimum Gasteiger partial charge on any atom is -0.357 e. The number of nitrogens with zero attached hydrogens (tertiary/aromatic N) is 2. The van der Waals surface area contributed by atoms with Gasteiger partial charge in [-0.15, -0.1) is 0 Å². The van der Waals surface area contributed by atoms with E-state index in [-0.39, 0.29) is 0 Å². The molecule has 0 amide bonds. The molecule has 0 unspecified atom stereocenters. The van der Waals surface area contributed by atoms with Crippen LogP contribution in [0.3, 0.4) is 0 Å². The van der Waals surface area contributed by atoms with Crippen LogP contribution in [0.2, 0.25) is 5.15 Å². The Kier molecular flexibility index (Phi) is 3.41. The smallest absolute Gasteiger partial charge is 0.224 e. The third-order valence-electron chi connectivity index (χ3n) is 2.96. The standard InChI is InChI=1S/C11H16ClN3/c1-13-11-14-9(7-10(12)15-11)8-5-3-2-4-6-8/h7-8H,2-6H2,1H3,(H,13,14,15). The second kappa shape index (κ2) is 4.79. The summed E-state index contributed by atoms with van der Waals surface area (Å²) in [6.45, 7) is 0. The van der Waals surface area contributed by atoms with E-state index in [4.69, 9.17) is 11.6 Å². The van der Waals surface area contributed by atoms with Gasteiger partial charge in [-0.1, -0.05) is 30.9 Å². The summed E-state index contributed by atoms with van der Waals surface area (Å²) < 4.78 is 0. The van der Waals surface area contributed by atoms with Crippen molar-refractivity contribution < 1.29 is 0 Å². The monoisotopic (exact) mass is 225 g/mol. The lowest BCUT2D eigenvalue weighted by Gasteiger charge is -2.21. The van der Waals surface area contributed by atoms with E-state index < -0.39 is 0 Å². The summed E-state index contributed by atoms with van der Waals surface area (Å²) in [4.78, 5) is 8.56. The van der Waals surface area contributed by atoms with Crippen LogP contribution in [0.4, 0.5) is 5.95 Å². The highest BCUT2D eigenvalue weighted by molar-refractivity contribution is 6.29. The van der Waals surface area contributed by atoms with Gasteiger partial charge in [0.25, 0.3) is 0 Å². The number of anilines is 1. The van der Waals surface area contributed by atoms with Crippen molar-refractivity contribution in [2.75, 3.05) is 12.4 Å². The molecule has 1 saturated carbocycles. The molecule has 82 valence electrons. The molecule has 1 heterocycles. The first-order valence-electron chi connectivity index (χ1n) is 5.52. The van der Waals surface area contributed by atoms with Crippen LogP contribution in [-0.2, 0) is 0 Å². The van der Waals surface area contributed by atoms with Gasteiger partial charge in [-0.25, -0.2) is 9.97 Å². The Labute approximate surface area is 95.3 Å². The highest BCUT2D eigenvalue weighted by Gasteiger charge is 2.17. The molecule has 0 atom stereocenters. The first kappa shape index (κ1) is 10.7. The normalized spacial score (nSPS) is 17.7. The molecule has 3 nitrogen and oxygen atoms in total. The van der Waals surface area contributed by atoms with Crippen molar-refractivity contribution in [1.82, 2.24) is 9.97 Å². The van der Waals surface area contributed by atoms with E-state index >= 15 is 0 Å². The second-order valence-electron chi connectivity index (χ2n) is 4.02. The number of aromatic nitrogens is 2. The topological polar surface area (TPSA) is 37.8 Å². The summed E-state index contributed by atoms with van der Waals surface area (Å²) in [5.74, 6) is 1.20. The maximum Gasteiger partial charge on any atom is 0.224 e. The van der Waals surface area contributed by atoms with Crippen molar-refractivity contribution in [1.29, 1.82) is 0 Å². The van der Waals surface area contributed by atoms with Gasteiger partial charge in [-0.2, -0.15) is 0 Å². The molecular weight excluding hydrogens is 210 g/mol. The number of rotatable bonds is 2. The van der Waals surface area contributed by atoms with E-state index in [1.807, 2.05) is 13.1 Å². The van der Waals surface area contributed by atoms with Crippen molar-refractivity contribution in [3.8, 4) is 0 Å². The van der Waals surface area contributed by atoms with Gasteiger partial charge in [0.05, 0.1) is 5.69 Å². The van der Waals surface area contributed by atoms with Gasteiger partial charge in [0, 0.05) is 13.0 Å². The second-order valence-corrected chi connectivity index (χ2v) is 4.41. The van der Waals surface area contributed by atoms with E-state index in [0.29, 0.717) is 17.0 Å². The van der Waals surface area contributed by atoms with Crippen LogP contribution >= 0.6 is 11.6 Å². The lowest BCUT2D eigenvalue weighted by Crippen LogP contribution is -2.08. The molecule has 1 aromatic rings. The minimum atomic E-state index is 0.537. The molecule has 1 fully saturated rings. The van der Waals surface area contributed by atoms with E-state index in [0.717, 1.165) is 5.69 Å².